The van der Waals surface area contributed by atoms with Crippen molar-refractivity contribution >= 4 is 0 Å². The zero-order valence-electron chi connectivity index (χ0n) is 7.22. The molecular formula is C9H17N. The fraction of sp³-hybridized carbons (Fsp3) is 0.889. The zero-order valence-corrected chi connectivity index (χ0v) is 7.22. The third-order valence-electron chi connectivity index (χ3n) is 1.88. The molecule has 0 aromatic rings. The van der Waals surface area contributed by atoms with Crippen molar-refractivity contribution in [1.29, 1.82) is 5.26 Å². The van der Waals surface area contributed by atoms with Crippen LogP contribution in [-0.4, -0.2) is 0 Å². The Morgan fingerprint density at radius 1 is 1.30 bits per heavy atom. The fourth-order valence-corrected chi connectivity index (χ4v) is 1.32. The molecule has 0 bridgehead atoms. The van der Waals surface area contributed by atoms with Gasteiger partial charge in [0.15, 0.2) is 0 Å². The van der Waals surface area contributed by atoms with Crippen LogP contribution in [0.25, 0.3) is 0 Å². The Labute approximate surface area is 64.1 Å². The number of nitriles is 1. The summed E-state index contributed by atoms with van der Waals surface area (Å²) in [6.07, 6.45) is 3.53. The normalized spacial score (nSPS) is 30.2. The standard InChI is InChI=1S/C7H11N.C2H6/c1-6-2-3-7(4-6)5-8;1-2/h6-7H,2-4H2,1H3;1-2H3/t6-,7+;/m0./s1. The van der Waals surface area contributed by atoms with Crippen LogP contribution in [0.4, 0.5) is 0 Å². The van der Waals surface area contributed by atoms with Crippen LogP contribution < -0.4 is 0 Å². The van der Waals surface area contributed by atoms with Gasteiger partial charge in [-0.25, -0.2) is 0 Å². The average molecular weight is 139 g/mol. The van der Waals surface area contributed by atoms with Crippen molar-refractivity contribution < 1.29 is 0 Å². The average Bonchev–Trinajstić information content (AvgIpc) is 2.40. The second-order valence-electron chi connectivity index (χ2n) is 2.74. The van der Waals surface area contributed by atoms with E-state index in [1.165, 1.54) is 6.42 Å². The van der Waals surface area contributed by atoms with Gasteiger partial charge in [0.25, 0.3) is 0 Å². The summed E-state index contributed by atoms with van der Waals surface area (Å²) in [4.78, 5) is 0. The van der Waals surface area contributed by atoms with Gasteiger partial charge in [-0.2, -0.15) is 5.26 Å². The summed E-state index contributed by atoms with van der Waals surface area (Å²) in [7, 11) is 0. The molecule has 0 spiro atoms. The van der Waals surface area contributed by atoms with Gasteiger partial charge in [-0.3, -0.25) is 0 Å². The lowest BCUT2D eigenvalue weighted by atomic mass is 10.1. The molecule has 1 fully saturated rings. The molecule has 0 aliphatic heterocycles. The summed E-state index contributed by atoms with van der Waals surface area (Å²) < 4.78 is 0. The second kappa shape index (κ2) is 5.29. The smallest absolute Gasteiger partial charge is 0.0655 e. The molecule has 0 N–H and O–H groups in total. The van der Waals surface area contributed by atoms with E-state index in [0.29, 0.717) is 5.92 Å². The highest BCUT2D eigenvalue weighted by molar-refractivity contribution is 4.88. The Bertz CT molecular complexity index is 112. The molecule has 0 unspecified atom stereocenters. The first-order valence-electron chi connectivity index (χ1n) is 4.22. The maximum Gasteiger partial charge on any atom is 0.0655 e. The van der Waals surface area contributed by atoms with Gasteiger partial charge in [-0.15, -0.1) is 0 Å². The van der Waals surface area contributed by atoms with E-state index >= 15 is 0 Å². The maximum absolute atomic E-state index is 8.43. The second-order valence-corrected chi connectivity index (χ2v) is 2.74. The van der Waals surface area contributed by atoms with Gasteiger partial charge in [0, 0.05) is 5.92 Å². The van der Waals surface area contributed by atoms with E-state index in [1.807, 2.05) is 13.8 Å². The van der Waals surface area contributed by atoms with Crippen LogP contribution in [0.2, 0.25) is 0 Å². The molecule has 0 heterocycles. The molecule has 0 saturated heterocycles. The van der Waals surface area contributed by atoms with Crippen LogP contribution in [0.15, 0.2) is 0 Å². The van der Waals surface area contributed by atoms with Crippen LogP contribution in [-0.2, 0) is 0 Å². The highest BCUT2D eigenvalue weighted by Crippen LogP contribution is 2.29. The summed E-state index contributed by atoms with van der Waals surface area (Å²) >= 11 is 0. The van der Waals surface area contributed by atoms with Crippen LogP contribution in [0.3, 0.4) is 0 Å². The molecule has 10 heavy (non-hydrogen) atoms. The van der Waals surface area contributed by atoms with E-state index in [0.717, 1.165) is 18.8 Å². The Kier molecular flexibility index (Phi) is 5.02. The minimum absolute atomic E-state index is 0.380. The number of hydrogen-bond acceptors (Lipinski definition) is 1. The van der Waals surface area contributed by atoms with Crippen molar-refractivity contribution in [1.82, 2.24) is 0 Å². The third kappa shape index (κ3) is 2.87. The van der Waals surface area contributed by atoms with E-state index in [4.69, 9.17) is 5.26 Å². The summed E-state index contributed by atoms with van der Waals surface area (Å²) in [5.74, 6) is 1.18. The summed E-state index contributed by atoms with van der Waals surface area (Å²) in [5, 5.41) is 8.43. The van der Waals surface area contributed by atoms with Crippen molar-refractivity contribution in [3.63, 3.8) is 0 Å². The molecule has 1 saturated carbocycles. The van der Waals surface area contributed by atoms with Crippen LogP contribution in [0, 0.1) is 23.2 Å². The Morgan fingerprint density at radius 2 is 1.90 bits per heavy atom. The van der Waals surface area contributed by atoms with Gasteiger partial charge in [-0.05, 0) is 25.2 Å². The first-order chi connectivity index (χ1) is 4.83. The lowest BCUT2D eigenvalue weighted by Crippen LogP contribution is -1.87. The number of rotatable bonds is 0. The first-order valence-corrected chi connectivity index (χ1v) is 4.22. The molecule has 1 aliphatic carbocycles. The van der Waals surface area contributed by atoms with Gasteiger partial charge in [0.1, 0.15) is 0 Å². The molecule has 1 heteroatoms. The predicted octanol–water partition coefficient (Wildman–Crippen LogP) is 2.97. The van der Waals surface area contributed by atoms with Gasteiger partial charge in [0.05, 0.1) is 6.07 Å². The SMILES string of the molecule is CC.C[C@H]1CC[C@@H](C#N)C1. The quantitative estimate of drug-likeness (QED) is 0.506. The van der Waals surface area contributed by atoms with Crippen LogP contribution in [0.1, 0.15) is 40.0 Å². The van der Waals surface area contributed by atoms with E-state index < -0.39 is 0 Å². The molecule has 1 rings (SSSR count). The van der Waals surface area contributed by atoms with E-state index in [-0.39, 0.29) is 0 Å². The predicted molar refractivity (Wildman–Crippen MR) is 43.5 cm³/mol. The molecule has 0 aromatic carbocycles. The maximum atomic E-state index is 8.43. The van der Waals surface area contributed by atoms with Crippen molar-refractivity contribution in [2.45, 2.75) is 40.0 Å². The Hall–Kier alpha value is -0.510. The molecule has 58 valence electrons. The van der Waals surface area contributed by atoms with Gasteiger partial charge in [-0.1, -0.05) is 20.8 Å². The topological polar surface area (TPSA) is 23.8 Å². The van der Waals surface area contributed by atoms with Crippen molar-refractivity contribution in [3.8, 4) is 6.07 Å². The highest BCUT2D eigenvalue weighted by Gasteiger charge is 2.19. The largest absolute Gasteiger partial charge is 0.198 e. The molecule has 0 aromatic heterocycles. The molecule has 1 nitrogen and oxygen atoms in total. The third-order valence-corrected chi connectivity index (χ3v) is 1.88. The van der Waals surface area contributed by atoms with Crippen molar-refractivity contribution in [2.24, 2.45) is 11.8 Å². The number of nitrogens with zero attached hydrogens (tertiary/aromatic N) is 1. The molecule has 0 amide bonds. The van der Waals surface area contributed by atoms with Gasteiger partial charge >= 0.3 is 0 Å². The van der Waals surface area contributed by atoms with E-state index in [9.17, 15) is 0 Å². The van der Waals surface area contributed by atoms with Crippen LogP contribution >= 0.6 is 0 Å². The van der Waals surface area contributed by atoms with Gasteiger partial charge < -0.3 is 0 Å². The first kappa shape index (κ1) is 9.49. The Balaban J connectivity index is 0.000000371. The summed E-state index contributed by atoms with van der Waals surface area (Å²) in [6.45, 7) is 6.22. The van der Waals surface area contributed by atoms with Crippen LogP contribution in [0.5, 0.6) is 0 Å². The molecular weight excluding hydrogens is 122 g/mol. The zero-order chi connectivity index (χ0) is 7.98. The van der Waals surface area contributed by atoms with Crippen molar-refractivity contribution in [2.75, 3.05) is 0 Å². The highest BCUT2D eigenvalue weighted by atomic mass is 14.3. The minimum Gasteiger partial charge on any atom is -0.198 e. The fourth-order valence-electron chi connectivity index (χ4n) is 1.32. The van der Waals surface area contributed by atoms with Crippen molar-refractivity contribution in [3.05, 3.63) is 0 Å². The molecule has 1 aliphatic rings. The Morgan fingerprint density at radius 3 is 2.10 bits per heavy atom. The summed E-state index contributed by atoms with van der Waals surface area (Å²) in [5.41, 5.74) is 0. The monoisotopic (exact) mass is 139 g/mol. The lowest BCUT2D eigenvalue weighted by molar-refractivity contribution is 0.590. The van der Waals surface area contributed by atoms with E-state index in [2.05, 4.69) is 13.0 Å². The molecule has 2 atom stereocenters. The minimum atomic E-state index is 0.380. The van der Waals surface area contributed by atoms with E-state index in [1.54, 1.807) is 0 Å². The van der Waals surface area contributed by atoms with Gasteiger partial charge in [0.2, 0.25) is 0 Å². The lowest BCUT2D eigenvalue weighted by Gasteiger charge is -1.94. The molecule has 0 radical (unpaired) electrons. The summed E-state index contributed by atoms with van der Waals surface area (Å²) in [6, 6.07) is 2.29. The number of hydrogen-bond donors (Lipinski definition) is 0.